The minimum absolute atomic E-state index is 0.00857. The lowest BCUT2D eigenvalue weighted by atomic mass is 10.1. The van der Waals surface area contributed by atoms with Crippen LogP contribution in [0.25, 0.3) is 0 Å². The number of benzene rings is 2. The van der Waals surface area contributed by atoms with E-state index in [2.05, 4.69) is 5.32 Å². The summed E-state index contributed by atoms with van der Waals surface area (Å²) >= 11 is 5.85. The van der Waals surface area contributed by atoms with Crippen molar-refractivity contribution in [1.82, 2.24) is 4.90 Å². The molecule has 2 rings (SSSR count). The van der Waals surface area contributed by atoms with Crippen LogP contribution in [0, 0.1) is 0 Å². The Morgan fingerprint density at radius 1 is 1.05 bits per heavy atom. The maximum absolute atomic E-state index is 11.8. The zero-order valence-electron chi connectivity index (χ0n) is 11.6. The van der Waals surface area contributed by atoms with Gasteiger partial charge in [-0.2, -0.15) is 0 Å². The number of nitrogens with one attached hydrogen (secondary N) is 1. The predicted octanol–water partition coefficient (Wildman–Crippen LogP) is 3.65. The Kier molecular flexibility index (Phi) is 4.64. The van der Waals surface area contributed by atoms with Crippen LogP contribution < -0.4 is 5.32 Å². The number of nitrogens with zero attached hydrogens (tertiary/aromatic N) is 1. The van der Waals surface area contributed by atoms with Gasteiger partial charge in [-0.25, -0.2) is 0 Å². The molecular formula is C16H17ClN2O. The molecule has 20 heavy (non-hydrogen) atoms. The Bertz CT molecular complexity index is 576. The van der Waals surface area contributed by atoms with Crippen molar-refractivity contribution in [2.75, 3.05) is 19.4 Å². The number of carbonyl (C=O) groups excluding carboxylic acids is 1. The van der Waals surface area contributed by atoms with E-state index in [1.54, 1.807) is 19.0 Å². The third-order valence-electron chi connectivity index (χ3n) is 2.95. The fraction of sp³-hybridized carbons (Fsp3) is 0.188. The summed E-state index contributed by atoms with van der Waals surface area (Å²) in [5, 5.41) is 4.04. The first-order chi connectivity index (χ1) is 9.56. The summed E-state index contributed by atoms with van der Waals surface area (Å²) in [6.45, 7) is 0.720. The van der Waals surface area contributed by atoms with E-state index >= 15 is 0 Å². The summed E-state index contributed by atoms with van der Waals surface area (Å²) < 4.78 is 0. The topological polar surface area (TPSA) is 32.3 Å². The van der Waals surface area contributed by atoms with E-state index in [1.165, 1.54) is 0 Å². The Balaban J connectivity index is 1.97. The van der Waals surface area contributed by atoms with Crippen molar-refractivity contribution in [1.29, 1.82) is 0 Å². The lowest BCUT2D eigenvalue weighted by Gasteiger charge is -2.11. The quantitative estimate of drug-likeness (QED) is 0.931. The van der Waals surface area contributed by atoms with Gasteiger partial charge in [0.05, 0.1) is 0 Å². The van der Waals surface area contributed by atoms with Crippen molar-refractivity contribution in [3.63, 3.8) is 0 Å². The number of hydrogen-bond donors (Lipinski definition) is 1. The molecule has 0 fully saturated rings. The van der Waals surface area contributed by atoms with Crippen molar-refractivity contribution in [2.24, 2.45) is 0 Å². The number of hydrogen-bond acceptors (Lipinski definition) is 2. The van der Waals surface area contributed by atoms with Gasteiger partial charge in [0.25, 0.3) is 5.91 Å². The summed E-state index contributed by atoms with van der Waals surface area (Å²) in [6, 6.07) is 15.2. The van der Waals surface area contributed by atoms with Crippen LogP contribution in [0.4, 0.5) is 5.69 Å². The van der Waals surface area contributed by atoms with Crippen LogP contribution in [0.5, 0.6) is 0 Å². The maximum Gasteiger partial charge on any atom is 0.253 e. The molecule has 0 spiro atoms. The van der Waals surface area contributed by atoms with Crippen molar-refractivity contribution in [2.45, 2.75) is 6.54 Å². The molecule has 104 valence electrons. The predicted molar refractivity (Wildman–Crippen MR) is 83.2 cm³/mol. The van der Waals surface area contributed by atoms with E-state index in [-0.39, 0.29) is 5.91 Å². The van der Waals surface area contributed by atoms with Crippen LogP contribution in [-0.4, -0.2) is 24.9 Å². The summed E-state index contributed by atoms with van der Waals surface area (Å²) in [7, 11) is 3.49. The Labute approximate surface area is 124 Å². The van der Waals surface area contributed by atoms with Crippen LogP contribution in [0.2, 0.25) is 5.02 Å². The standard InChI is InChI=1S/C16H17ClN2O/c1-19(2)16(20)13-5-9-15(10-6-13)18-11-12-3-7-14(17)8-4-12/h3-10,18H,11H2,1-2H3. The monoisotopic (exact) mass is 288 g/mol. The highest BCUT2D eigenvalue weighted by atomic mass is 35.5. The smallest absolute Gasteiger partial charge is 0.253 e. The third kappa shape index (κ3) is 3.75. The Morgan fingerprint density at radius 2 is 1.65 bits per heavy atom. The molecule has 1 N–H and O–H groups in total. The molecule has 1 amide bonds. The second-order valence-corrected chi connectivity index (χ2v) is 5.19. The lowest BCUT2D eigenvalue weighted by molar-refractivity contribution is 0.0827. The molecule has 0 aliphatic heterocycles. The molecular weight excluding hydrogens is 272 g/mol. The second-order valence-electron chi connectivity index (χ2n) is 4.76. The van der Waals surface area contributed by atoms with E-state index in [9.17, 15) is 4.79 Å². The van der Waals surface area contributed by atoms with Crippen molar-refractivity contribution < 1.29 is 4.79 Å². The van der Waals surface area contributed by atoms with Gasteiger partial charge in [0.1, 0.15) is 0 Å². The Morgan fingerprint density at radius 3 is 2.20 bits per heavy atom. The molecule has 0 aliphatic rings. The summed E-state index contributed by atoms with van der Waals surface area (Å²) in [4.78, 5) is 13.3. The van der Waals surface area contributed by atoms with Gasteiger partial charge >= 0.3 is 0 Å². The highest BCUT2D eigenvalue weighted by molar-refractivity contribution is 6.30. The van der Waals surface area contributed by atoms with Crippen LogP contribution in [-0.2, 0) is 6.54 Å². The number of anilines is 1. The number of amides is 1. The van der Waals surface area contributed by atoms with E-state index < -0.39 is 0 Å². The number of carbonyl (C=O) groups is 1. The molecule has 2 aromatic carbocycles. The Hall–Kier alpha value is -2.00. The number of rotatable bonds is 4. The van der Waals surface area contributed by atoms with Gasteiger partial charge in [0.15, 0.2) is 0 Å². The summed E-state index contributed by atoms with van der Waals surface area (Å²) in [5.41, 5.74) is 2.82. The summed E-state index contributed by atoms with van der Waals surface area (Å²) in [5.74, 6) is 0.00857. The molecule has 2 aromatic rings. The average molecular weight is 289 g/mol. The third-order valence-corrected chi connectivity index (χ3v) is 3.20. The normalized spacial score (nSPS) is 10.2. The fourth-order valence-electron chi connectivity index (χ4n) is 1.80. The molecule has 4 heteroatoms. The van der Waals surface area contributed by atoms with Crippen LogP contribution >= 0.6 is 11.6 Å². The van der Waals surface area contributed by atoms with Crippen molar-refractivity contribution in [3.8, 4) is 0 Å². The number of halogens is 1. The van der Waals surface area contributed by atoms with Gasteiger partial charge in [-0.05, 0) is 42.0 Å². The molecule has 0 aliphatic carbocycles. The fourth-order valence-corrected chi connectivity index (χ4v) is 1.92. The largest absolute Gasteiger partial charge is 0.381 e. The van der Waals surface area contributed by atoms with E-state index in [1.807, 2.05) is 48.5 Å². The zero-order chi connectivity index (χ0) is 14.5. The molecule has 0 atom stereocenters. The van der Waals surface area contributed by atoms with Crippen molar-refractivity contribution >= 4 is 23.2 Å². The highest BCUT2D eigenvalue weighted by Crippen LogP contribution is 2.14. The molecule has 3 nitrogen and oxygen atoms in total. The van der Waals surface area contributed by atoms with Crippen LogP contribution in [0.3, 0.4) is 0 Å². The molecule has 0 aromatic heterocycles. The first-order valence-electron chi connectivity index (χ1n) is 6.36. The molecule has 0 unspecified atom stereocenters. The van der Waals surface area contributed by atoms with E-state index in [0.29, 0.717) is 5.56 Å². The van der Waals surface area contributed by atoms with E-state index in [4.69, 9.17) is 11.6 Å². The first kappa shape index (κ1) is 14.4. The van der Waals surface area contributed by atoms with Gasteiger partial charge in [-0.15, -0.1) is 0 Å². The van der Waals surface area contributed by atoms with E-state index in [0.717, 1.165) is 22.8 Å². The van der Waals surface area contributed by atoms with Gasteiger partial charge in [0.2, 0.25) is 0 Å². The minimum Gasteiger partial charge on any atom is -0.381 e. The van der Waals surface area contributed by atoms with Gasteiger partial charge < -0.3 is 10.2 Å². The molecule has 0 radical (unpaired) electrons. The highest BCUT2D eigenvalue weighted by Gasteiger charge is 2.06. The summed E-state index contributed by atoms with van der Waals surface area (Å²) in [6.07, 6.45) is 0. The second kappa shape index (κ2) is 6.44. The molecule has 0 bridgehead atoms. The van der Waals surface area contributed by atoms with Crippen LogP contribution in [0.15, 0.2) is 48.5 Å². The van der Waals surface area contributed by atoms with Crippen molar-refractivity contribution in [3.05, 3.63) is 64.7 Å². The molecule has 0 saturated carbocycles. The molecule has 0 saturated heterocycles. The lowest BCUT2D eigenvalue weighted by Crippen LogP contribution is -2.21. The zero-order valence-corrected chi connectivity index (χ0v) is 12.3. The average Bonchev–Trinajstić information content (AvgIpc) is 2.46. The maximum atomic E-state index is 11.8. The SMILES string of the molecule is CN(C)C(=O)c1ccc(NCc2ccc(Cl)cc2)cc1. The van der Waals surface area contributed by atoms with Gasteiger partial charge in [0, 0.05) is 36.9 Å². The molecule has 0 heterocycles. The van der Waals surface area contributed by atoms with Gasteiger partial charge in [-0.3, -0.25) is 4.79 Å². The van der Waals surface area contributed by atoms with Gasteiger partial charge in [-0.1, -0.05) is 23.7 Å². The first-order valence-corrected chi connectivity index (χ1v) is 6.74. The van der Waals surface area contributed by atoms with Crippen LogP contribution in [0.1, 0.15) is 15.9 Å². The minimum atomic E-state index is 0.00857.